The molecule has 10 heteroatoms. The lowest BCUT2D eigenvalue weighted by atomic mass is 10.1. The van der Waals surface area contributed by atoms with Crippen molar-refractivity contribution in [1.29, 1.82) is 0 Å². The maximum absolute atomic E-state index is 13.3. The van der Waals surface area contributed by atoms with Crippen LogP contribution < -0.4 is 20.3 Å². The number of amides is 1. The SMILES string of the molecule is COc1ccc(CCN2C(=O)/C(=C\c3c(NCC(C)C)nc4ccccn4c3=O)SC2=S)cc1OC. The highest BCUT2D eigenvalue weighted by Gasteiger charge is 2.32. The molecule has 3 aromatic rings. The number of pyridine rings is 1. The van der Waals surface area contributed by atoms with Crippen LogP contribution in [0.1, 0.15) is 25.0 Å². The monoisotopic (exact) mass is 524 g/mol. The van der Waals surface area contributed by atoms with E-state index in [1.165, 1.54) is 16.2 Å². The third-order valence-corrected chi connectivity index (χ3v) is 7.05. The zero-order valence-electron chi connectivity index (χ0n) is 20.6. The second-order valence-electron chi connectivity index (χ2n) is 8.66. The summed E-state index contributed by atoms with van der Waals surface area (Å²) in [7, 11) is 3.17. The molecule has 1 aliphatic heterocycles. The largest absolute Gasteiger partial charge is 0.493 e. The van der Waals surface area contributed by atoms with Gasteiger partial charge < -0.3 is 14.8 Å². The molecule has 8 nitrogen and oxygen atoms in total. The number of thioether (sulfide) groups is 1. The summed E-state index contributed by atoms with van der Waals surface area (Å²) in [5, 5.41) is 3.27. The summed E-state index contributed by atoms with van der Waals surface area (Å²) in [6.45, 7) is 5.20. The first kappa shape index (κ1) is 25.7. The lowest BCUT2D eigenvalue weighted by Gasteiger charge is -2.15. The quantitative estimate of drug-likeness (QED) is 0.329. The van der Waals surface area contributed by atoms with Crippen molar-refractivity contribution in [1.82, 2.24) is 14.3 Å². The Bertz CT molecular complexity index is 1400. The number of rotatable bonds is 9. The van der Waals surface area contributed by atoms with Crippen molar-refractivity contribution in [3.8, 4) is 11.5 Å². The van der Waals surface area contributed by atoms with E-state index >= 15 is 0 Å². The van der Waals surface area contributed by atoms with E-state index in [-0.39, 0.29) is 11.5 Å². The molecule has 0 spiro atoms. The first-order valence-corrected chi connectivity index (χ1v) is 12.8. The Balaban J connectivity index is 1.61. The highest BCUT2D eigenvalue weighted by Crippen LogP contribution is 2.34. The number of benzene rings is 1. The first-order valence-electron chi connectivity index (χ1n) is 11.5. The Labute approximate surface area is 219 Å². The Morgan fingerprint density at radius 3 is 2.64 bits per heavy atom. The van der Waals surface area contributed by atoms with Crippen LogP contribution in [0.2, 0.25) is 0 Å². The average Bonchev–Trinajstić information content (AvgIpc) is 3.14. The second kappa shape index (κ2) is 11.1. The number of fused-ring (bicyclic) bond motifs is 1. The molecule has 188 valence electrons. The van der Waals surface area contributed by atoms with Crippen molar-refractivity contribution >= 4 is 51.7 Å². The van der Waals surface area contributed by atoms with E-state index in [0.29, 0.717) is 63.2 Å². The smallest absolute Gasteiger partial charge is 0.267 e. The van der Waals surface area contributed by atoms with Crippen LogP contribution in [0.5, 0.6) is 11.5 Å². The van der Waals surface area contributed by atoms with Gasteiger partial charge in [0.25, 0.3) is 11.5 Å². The summed E-state index contributed by atoms with van der Waals surface area (Å²) in [6.07, 6.45) is 3.86. The molecule has 2 aromatic heterocycles. The van der Waals surface area contributed by atoms with E-state index < -0.39 is 0 Å². The number of hydrogen-bond acceptors (Lipinski definition) is 8. The minimum absolute atomic E-state index is 0.224. The fraction of sp³-hybridized carbons (Fsp3) is 0.308. The molecule has 0 atom stereocenters. The lowest BCUT2D eigenvalue weighted by Crippen LogP contribution is -2.30. The molecule has 0 aliphatic carbocycles. The molecule has 1 aliphatic rings. The molecule has 0 unspecified atom stereocenters. The number of anilines is 1. The van der Waals surface area contributed by atoms with Crippen molar-refractivity contribution in [2.75, 3.05) is 32.6 Å². The third kappa shape index (κ3) is 5.39. The second-order valence-corrected chi connectivity index (χ2v) is 10.3. The van der Waals surface area contributed by atoms with Gasteiger partial charge in [0, 0.05) is 19.3 Å². The number of hydrogen-bond donors (Lipinski definition) is 1. The maximum Gasteiger partial charge on any atom is 0.267 e. The van der Waals surface area contributed by atoms with E-state index in [0.717, 1.165) is 5.56 Å². The van der Waals surface area contributed by atoms with Gasteiger partial charge in [-0.1, -0.05) is 50.0 Å². The lowest BCUT2D eigenvalue weighted by molar-refractivity contribution is -0.122. The normalized spacial score (nSPS) is 14.8. The average molecular weight is 525 g/mol. The number of aromatic nitrogens is 2. The van der Waals surface area contributed by atoms with Gasteiger partial charge in [-0.15, -0.1) is 0 Å². The van der Waals surface area contributed by atoms with Crippen molar-refractivity contribution in [3.05, 3.63) is 69.0 Å². The maximum atomic E-state index is 13.3. The van der Waals surface area contributed by atoms with Crippen molar-refractivity contribution < 1.29 is 14.3 Å². The van der Waals surface area contributed by atoms with Gasteiger partial charge in [0.2, 0.25) is 0 Å². The van der Waals surface area contributed by atoms with Gasteiger partial charge in [0.15, 0.2) is 11.5 Å². The Hall–Kier alpha value is -3.37. The molecule has 1 amide bonds. The topological polar surface area (TPSA) is 85.2 Å². The fourth-order valence-electron chi connectivity index (χ4n) is 3.77. The standard InChI is InChI=1S/C26H28N4O4S2/c1-16(2)15-27-23-18(24(31)29-11-6-5-7-22(29)28-23)14-21-25(32)30(26(35)36-21)12-10-17-8-9-19(33-3)20(13-17)34-4/h5-9,11,13-14,16,27H,10,12,15H2,1-4H3/b21-14+. The molecule has 1 fully saturated rings. The van der Waals surface area contributed by atoms with Crippen LogP contribution >= 0.6 is 24.0 Å². The first-order chi connectivity index (χ1) is 17.3. The van der Waals surface area contributed by atoms with Gasteiger partial charge in [-0.25, -0.2) is 4.98 Å². The molecule has 0 saturated carbocycles. The van der Waals surface area contributed by atoms with Crippen LogP contribution in [-0.4, -0.2) is 51.8 Å². The summed E-state index contributed by atoms with van der Waals surface area (Å²) < 4.78 is 12.6. The molecule has 3 heterocycles. The van der Waals surface area contributed by atoms with E-state index in [4.69, 9.17) is 21.7 Å². The summed E-state index contributed by atoms with van der Waals surface area (Å²) in [4.78, 5) is 33.2. The van der Waals surface area contributed by atoms with Gasteiger partial charge in [-0.2, -0.15) is 0 Å². The highest BCUT2D eigenvalue weighted by molar-refractivity contribution is 8.26. The molecular weight excluding hydrogens is 496 g/mol. The minimum Gasteiger partial charge on any atom is -0.493 e. The summed E-state index contributed by atoms with van der Waals surface area (Å²) in [5.74, 6) is 1.86. The fourth-order valence-corrected chi connectivity index (χ4v) is 5.06. The number of carbonyl (C=O) groups is 1. The van der Waals surface area contributed by atoms with Crippen LogP contribution in [0.4, 0.5) is 5.82 Å². The Morgan fingerprint density at radius 2 is 1.92 bits per heavy atom. The van der Waals surface area contributed by atoms with Crippen LogP contribution in [0.3, 0.4) is 0 Å². The van der Waals surface area contributed by atoms with E-state index in [9.17, 15) is 9.59 Å². The van der Waals surface area contributed by atoms with Crippen molar-refractivity contribution in [2.24, 2.45) is 5.92 Å². The number of carbonyl (C=O) groups excluding carboxylic acids is 1. The summed E-state index contributed by atoms with van der Waals surface area (Å²) in [6, 6.07) is 11.0. The molecular formula is C26H28N4O4S2. The highest BCUT2D eigenvalue weighted by atomic mass is 32.2. The molecule has 4 rings (SSSR count). The zero-order valence-corrected chi connectivity index (χ0v) is 22.2. The number of nitrogens with zero attached hydrogens (tertiary/aromatic N) is 3. The van der Waals surface area contributed by atoms with E-state index in [2.05, 4.69) is 24.1 Å². The van der Waals surface area contributed by atoms with Crippen molar-refractivity contribution in [2.45, 2.75) is 20.3 Å². The number of nitrogens with one attached hydrogen (secondary N) is 1. The Kier molecular flexibility index (Phi) is 7.95. The van der Waals surface area contributed by atoms with Crippen LogP contribution in [0.25, 0.3) is 11.7 Å². The van der Waals surface area contributed by atoms with Gasteiger partial charge in [0.1, 0.15) is 15.8 Å². The molecule has 1 aromatic carbocycles. The van der Waals surface area contributed by atoms with Crippen LogP contribution in [0, 0.1) is 5.92 Å². The summed E-state index contributed by atoms with van der Waals surface area (Å²) >= 11 is 6.70. The predicted octanol–water partition coefficient (Wildman–Crippen LogP) is 4.22. The van der Waals surface area contributed by atoms with Gasteiger partial charge >= 0.3 is 0 Å². The van der Waals surface area contributed by atoms with Crippen LogP contribution in [-0.2, 0) is 11.2 Å². The number of methoxy groups -OCH3 is 2. The molecule has 1 saturated heterocycles. The molecule has 0 radical (unpaired) electrons. The zero-order chi connectivity index (χ0) is 25.8. The molecule has 1 N–H and O–H groups in total. The van der Waals surface area contributed by atoms with Gasteiger partial charge in [-0.05, 0) is 48.2 Å². The van der Waals surface area contributed by atoms with Crippen LogP contribution in [0.15, 0.2) is 52.3 Å². The van der Waals surface area contributed by atoms with E-state index in [1.54, 1.807) is 43.5 Å². The minimum atomic E-state index is -0.248. The summed E-state index contributed by atoms with van der Waals surface area (Å²) in [5.41, 5.74) is 1.61. The van der Waals surface area contributed by atoms with Gasteiger partial charge in [-0.3, -0.25) is 18.9 Å². The molecule has 36 heavy (non-hydrogen) atoms. The number of thiocarbonyl (C=S) groups is 1. The molecule has 0 bridgehead atoms. The third-order valence-electron chi connectivity index (χ3n) is 5.67. The number of ether oxygens (including phenoxy) is 2. The van der Waals surface area contributed by atoms with Gasteiger partial charge in [0.05, 0.1) is 24.7 Å². The van der Waals surface area contributed by atoms with E-state index in [1.807, 2.05) is 24.3 Å². The predicted molar refractivity (Wildman–Crippen MR) is 148 cm³/mol. The Morgan fingerprint density at radius 1 is 1.14 bits per heavy atom. The van der Waals surface area contributed by atoms with Crippen molar-refractivity contribution in [3.63, 3.8) is 0 Å².